The number of aliphatic carboxylic acids is 1. The summed E-state index contributed by atoms with van der Waals surface area (Å²) >= 11 is 0. The van der Waals surface area contributed by atoms with E-state index in [2.05, 4.69) is 25.7 Å². The van der Waals surface area contributed by atoms with Gasteiger partial charge in [0.2, 0.25) is 0 Å². The lowest BCUT2D eigenvalue weighted by molar-refractivity contribution is -0.145. The van der Waals surface area contributed by atoms with Crippen molar-refractivity contribution >= 4 is 5.97 Å². The molecule has 0 bridgehead atoms. The highest BCUT2D eigenvalue weighted by Crippen LogP contribution is 2.68. The van der Waals surface area contributed by atoms with Gasteiger partial charge in [-0.25, -0.2) is 4.79 Å². The molecule has 0 aromatic rings. The lowest BCUT2D eigenvalue weighted by atomic mass is 9.44. The van der Waals surface area contributed by atoms with Crippen LogP contribution in [0.3, 0.4) is 0 Å². The maximum atomic E-state index is 11.2. The van der Waals surface area contributed by atoms with Gasteiger partial charge >= 0.3 is 5.97 Å². The Morgan fingerprint density at radius 3 is 2.46 bits per heavy atom. The summed E-state index contributed by atoms with van der Waals surface area (Å²) in [5.41, 5.74) is -1.15. The van der Waals surface area contributed by atoms with E-state index in [9.17, 15) is 15.0 Å². The van der Waals surface area contributed by atoms with Gasteiger partial charge in [0.15, 0.2) is 0 Å². The molecule has 0 saturated heterocycles. The van der Waals surface area contributed by atoms with Crippen LogP contribution >= 0.6 is 0 Å². The third kappa shape index (κ3) is 2.47. The molecule has 26 heavy (non-hydrogen) atoms. The number of hydrogen-bond acceptors (Lipinski definition) is 3. The molecule has 0 aliphatic heterocycles. The predicted octanol–water partition coefficient (Wildman–Crippen LogP) is 3.21. The molecule has 8 atom stereocenters. The molecule has 0 aromatic heterocycles. The van der Waals surface area contributed by atoms with Gasteiger partial charge in [-0.3, -0.25) is 0 Å². The van der Waals surface area contributed by atoms with E-state index in [-0.39, 0.29) is 11.5 Å². The molecule has 3 N–H and O–H groups in total. The van der Waals surface area contributed by atoms with Crippen LogP contribution in [0, 0.1) is 46.3 Å². The van der Waals surface area contributed by atoms with Crippen molar-refractivity contribution in [1.29, 1.82) is 0 Å². The molecule has 4 aliphatic rings. The molecule has 0 aromatic carbocycles. The summed E-state index contributed by atoms with van der Waals surface area (Å²) in [5, 5.41) is 30.3. The molecule has 0 unspecified atom stereocenters. The first kappa shape index (κ1) is 18.3. The minimum Gasteiger partial charge on any atom is -0.472 e. The van der Waals surface area contributed by atoms with Crippen LogP contribution in [0.1, 0.15) is 71.6 Å². The zero-order valence-electron chi connectivity index (χ0n) is 16.0. The van der Waals surface area contributed by atoms with Gasteiger partial charge in [0.05, 0.1) is 6.10 Å². The van der Waals surface area contributed by atoms with E-state index in [1.54, 1.807) is 0 Å². The van der Waals surface area contributed by atoms with Crippen LogP contribution in [0.5, 0.6) is 0 Å². The van der Waals surface area contributed by atoms with Gasteiger partial charge in [0.25, 0.3) is 0 Å². The summed E-state index contributed by atoms with van der Waals surface area (Å²) in [4.78, 5) is 10.9. The Balaban J connectivity index is 1.62. The van der Waals surface area contributed by atoms with Crippen LogP contribution in [0.4, 0.5) is 0 Å². The van der Waals surface area contributed by atoms with Gasteiger partial charge in [0, 0.05) is 11.3 Å². The summed E-state index contributed by atoms with van der Waals surface area (Å²) in [7, 11) is 0. The number of hydrogen-bond donors (Lipinski definition) is 3. The number of rotatable bonds is 0. The highest BCUT2D eigenvalue weighted by atomic mass is 16.4. The number of aliphatic hydroxyl groups is 2. The van der Waals surface area contributed by atoms with Crippen LogP contribution in [0.15, 0.2) is 0 Å². The fourth-order valence-corrected chi connectivity index (χ4v) is 7.61. The van der Waals surface area contributed by atoms with Crippen molar-refractivity contribution in [2.45, 2.75) is 83.3 Å². The second kappa shape index (κ2) is 5.97. The minimum absolute atomic E-state index is 0.124. The monoisotopic (exact) mass is 360 g/mol. The fraction of sp³-hybridized carbons (Fsp3) is 0.864. The lowest BCUT2D eigenvalue weighted by Gasteiger charge is -2.61. The van der Waals surface area contributed by atoms with E-state index < -0.39 is 11.6 Å². The highest BCUT2D eigenvalue weighted by molar-refractivity contribution is 5.86. The van der Waals surface area contributed by atoms with Crippen molar-refractivity contribution in [2.24, 2.45) is 34.5 Å². The Morgan fingerprint density at radius 2 is 1.73 bits per heavy atom. The molecule has 4 heteroatoms. The van der Waals surface area contributed by atoms with E-state index in [0.717, 1.165) is 38.5 Å². The molecule has 4 saturated carbocycles. The van der Waals surface area contributed by atoms with E-state index in [4.69, 9.17) is 5.11 Å². The van der Waals surface area contributed by atoms with Crippen molar-refractivity contribution in [3.63, 3.8) is 0 Å². The van der Waals surface area contributed by atoms with Crippen molar-refractivity contribution < 1.29 is 20.1 Å². The number of carboxylic acids is 1. The van der Waals surface area contributed by atoms with Crippen molar-refractivity contribution in [3.05, 3.63) is 0 Å². The Hall–Kier alpha value is -1.05. The third-order valence-corrected chi connectivity index (χ3v) is 9.17. The maximum Gasteiger partial charge on any atom is 0.382 e. The van der Waals surface area contributed by atoms with Gasteiger partial charge in [0.1, 0.15) is 5.60 Å². The van der Waals surface area contributed by atoms with Crippen LogP contribution < -0.4 is 0 Å². The second-order valence-electron chi connectivity index (χ2n) is 10.00. The minimum atomic E-state index is -1.17. The average Bonchev–Trinajstić information content (AvgIpc) is 2.86. The topological polar surface area (TPSA) is 77.8 Å². The lowest BCUT2D eigenvalue weighted by Crippen LogP contribution is -2.56. The molecule has 4 rings (SSSR count). The van der Waals surface area contributed by atoms with Crippen molar-refractivity contribution in [1.82, 2.24) is 0 Å². The van der Waals surface area contributed by atoms with Crippen LogP contribution in [-0.4, -0.2) is 33.0 Å². The maximum absolute atomic E-state index is 11.2. The quantitative estimate of drug-likeness (QED) is 0.580. The largest absolute Gasteiger partial charge is 0.472 e. The number of aliphatic hydroxyl groups excluding tert-OH is 1. The third-order valence-electron chi connectivity index (χ3n) is 9.17. The Morgan fingerprint density at radius 1 is 1.00 bits per heavy atom. The normalized spacial score (nSPS) is 52.8. The SMILES string of the molecule is C[C@]12CC[C@H](O)C[C@H]1CC[C@@H]1[C@@H]2CC[C@@]2(C)[C@H]1CC[C@@]2(O)C#CC(=O)O. The molecule has 4 nitrogen and oxygen atoms in total. The number of carboxylic acid groups (broad SMARTS) is 1. The molecule has 0 amide bonds. The molecular formula is C22H32O4. The van der Waals surface area contributed by atoms with Gasteiger partial charge in [-0.2, -0.15) is 0 Å². The highest BCUT2D eigenvalue weighted by Gasteiger charge is 2.64. The average molecular weight is 360 g/mol. The van der Waals surface area contributed by atoms with Crippen LogP contribution in [-0.2, 0) is 4.79 Å². The van der Waals surface area contributed by atoms with Gasteiger partial charge in [-0.15, -0.1) is 0 Å². The second-order valence-corrected chi connectivity index (χ2v) is 10.00. The van der Waals surface area contributed by atoms with Crippen LogP contribution in [0.2, 0.25) is 0 Å². The summed E-state index contributed by atoms with van der Waals surface area (Å²) < 4.78 is 0. The van der Waals surface area contributed by atoms with E-state index in [1.807, 2.05) is 0 Å². The first-order valence-corrected chi connectivity index (χ1v) is 10.4. The summed E-state index contributed by atoms with van der Waals surface area (Å²) in [5.74, 6) is 6.11. The molecular weight excluding hydrogens is 328 g/mol. The van der Waals surface area contributed by atoms with E-state index in [0.29, 0.717) is 35.5 Å². The zero-order valence-corrected chi connectivity index (χ0v) is 16.0. The molecule has 4 fully saturated rings. The molecule has 144 valence electrons. The van der Waals surface area contributed by atoms with E-state index in [1.165, 1.54) is 12.8 Å². The molecule has 0 spiro atoms. The molecule has 4 aliphatic carbocycles. The first-order valence-electron chi connectivity index (χ1n) is 10.4. The van der Waals surface area contributed by atoms with Crippen molar-refractivity contribution in [3.8, 4) is 11.8 Å². The predicted molar refractivity (Wildman–Crippen MR) is 98.1 cm³/mol. The summed E-state index contributed by atoms with van der Waals surface area (Å²) in [6, 6.07) is 0. The summed E-state index contributed by atoms with van der Waals surface area (Å²) in [6.45, 7) is 4.60. The van der Waals surface area contributed by atoms with Crippen molar-refractivity contribution in [2.75, 3.05) is 0 Å². The molecule has 0 radical (unpaired) electrons. The smallest absolute Gasteiger partial charge is 0.382 e. The first-order chi connectivity index (χ1) is 12.2. The Labute approximate surface area is 156 Å². The van der Waals surface area contributed by atoms with Gasteiger partial charge < -0.3 is 15.3 Å². The van der Waals surface area contributed by atoms with Crippen LogP contribution in [0.25, 0.3) is 0 Å². The van der Waals surface area contributed by atoms with Gasteiger partial charge in [-0.1, -0.05) is 19.8 Å². The standard InChI is InChI=1S/C22H32O4/c1-20-9-5-15(23)13-14(20)3-4-16-17(20)6-10-21(2)18(16)7-11-22(21,26)12-8-19(24)25/h14-18,23,26H,3-7,9-11,13H2,1-2H3,(H,24,25)/t14-,15+,16-,17+,18+,20+,21+,22-/m1/s1. The summed E-state index contributed by atoms with van der Waals surface area (Å²) in [6.07, 6.45) is 8.80. The Kier molecular flexibility index (Phi) is 4.21. The number of fused-ring (bicyclic) bond motifs is 5. The zero-order chi connectivity index (χ0) is 18.7. The number of carbonyl (C=O) groups is 1. The fourth-order valence-electron chi connectivity index (χ4n) is 7.61. The van der Waals surface area contributed by atoms with Gasteiger partial charge in [-0.05, 0) is 86.9 Å². The molecule has 0 heterocycles. The van der Waals surface area contributed by atoms with E-state index >= 15 is 0 Å². The Bertz CT molecular complexity index is 663.